The Labute approximate surface area is 144 Å². The van der Waals surface area contributed by atoms with Gasteiger partial charge in [0.15, 0.2) is 0 Å². The summed E-state index contributed by atoms with van der Waals surface area (Å²) in [5.41, 5.74) is 0.127. The monoisotopic (exact) mass is 337 g/mol. The summed E-state index contributed by atoms with van der Waals surface area (Å²) in [6.45, 7) is 1.77. The number of rotatable bonds is 5. The third-order valence-electron chi connectivity index (χ3n) is 3.55. The molecule has 2 aromatic rings. The van der Waals surface area contributed by atoms with Gasteiger partial charge in [-0.15, -0.1) is 0 Å². The van der Waals surface area contributed by atoms with Crippen molar-refractivity contribution >= 4 is 17.7 Å². The molecule has 2 rings (SSSR count). The third kappa shape index (κ3) is 4.20. The van der Waals surface area contributed by atoms with E-state index in [0.717, 1.165) is 17.7 Å². The minimum Gasteiger partial charge on any atom is -0.502 e. The highest BCUT2D eigenvalue weighted by atomic mass is 16.6. The molecule has 0 aliphatic carbocycles. The fourth-order valence-electron chi connectivity index (χ4n) is 2.22. The van der Waals surface area contributed by atoms with E-state index in [1.165, 1.54) is 12.1 Å². The van der Waals surface area contributed by atoms with Crippen molar-refractivity contribution in [2.45, 2.75) is 13.0 Å². The van der Waals surface area contributed by atoms with Crippen LogP contribution in [0.4, 0.5) is 5.69 Å². The van der Waals surface area contributed by atoms with Gasteiger partial charge in [0.05, 0.1) is 11.0 Å². The van der Waals surface area contributed by atoms with Crippen LogP contribution in [0.15, 0.2) is 54.1 Å². The number of nitriles is 1. The van der Waals surface area contributed by atoms with Gasteiger partial charge in [-0.05, 0) is 18.6 Å². The summed E-state index contributed by atoms with van der Waals surface area (Å²) < 4.78 is 0. The lowest BCUT2D eigenvalue weighted by Gasteiger charge is -2.13. The zero-order valence-corrected chi connectivity index (χ0v) is 13.3. The predicted molar refractivity (Wildman–Crippen MR) is 91.4 cm³/mol. The molecule has 2 aromatic carbocycles. The molecule has 0 fully saturated rings. The number of nitro benzene ring substituents is 1. The Morgan fingerprint density at radius 2 is 1.96 bits per heavy atom. The van der Waals surface area contributed by atoms with Crippen LogP contribution in [-0.4, -0.2) is 15.9 Å². The zero-order valence-electron chi connectivity index (χ0n) is 13.3. The predicted octanol–water partition coefficient (Wildman–Crippen LogP) is 3.08. The molecule has 0 aliphatic heterocycles. The van der Waals surface area contributed by atoms with Crippen molar-refractivity contribution in [3.63, 3.8) is 0 Å². The van der Waals surface area contributed by atoms with Crippen molar-refractivity contribution in [1.82, 2.24) is 5.32 Å². The van der Waals surface area contributed by atoms with Gasteiger partial charge in [-0.25, -0.2) is 0 Å². The van der Waals surface area contributed by atoms with Crippen molar-refractivity contribution in [3.8, 4) is 11.8 Å². The second-order valence-electron chi connectivity index (χ2n) is 5.25. The van der Waals surface area contributed by atoms with E-state index in [1.807, 2.05) is 30.3 Å². The van der Waals surface area contributed by atoms with Crippen LogP contribution in [0.2, 0.25) is 0 Å². The first-order valence-electron chi connectivity index (χ1n) is 7.38. The molecule has 0 aliphatic rings. The maximum Gasteiger partial charge on any atom is 0.311 e. The van der Waals surface area contributed by atoms with E-state index >= 15 is 0 Å². The Morgan fingerprint density at radius 3 is 2.56 bits per heavy atom. The minimum atomic E-state index is -0.740. The van der Waals surface area contributed by atoms with Crippen molar-refractivity contribution in [1.29, 1.82) is 5.26 Å². The lowest BCUT2D eigenvalue weighted by molar-refractivity contribution is -0.385. The van der Waals surface area contributed by atoms with Crippen molar-refractivity contribution in [3.05, 3.63) is 75.3 Å². The number of amides is 1. The van der Waals surface area contributed by atoms with Crippen molar-refractivity contribution in [2.24, 2.45) is 0 Å². The molecule has 1 atom stereocenters. The van der Waals surface area contributed by atoms with Gasteiger partial charge in [-0.3, -0.25) is 14.9 Å². The Hall–Kier alpha value is -3.66. The third-order valence-corrected chi connectivity index (χ3v) is 3.55. The highest BCUT2D eigenvalue weighted by Crippen LogP contribution is 2.30. The quantitative estimate of drug-likeness (QED) is 0.376. The molecule has 25 heavy (non-hydrogen) atoms. The van der Waals surface area contributed by atoms with Crippen LogP contribution >= 0.6 is 0 Å². The number of hydrogen-bond acceptors (Lipinski definition) is 5. The van der Waals surface area contributed by atoms with Crippen LogP contribution in [0, 0.1) is 21.4 Å². The molecule has 0 bridgehead atoms. The van der Waals surface area contributed by atoms with E-state index in [9.17, 15) is 25.3 Å². The number of phenolic OH excluding ortho intramolecular Hbond substituents is 1. The number of carbonyl (C=O) groups is 1. The van der Waals surface area contributed by atoms with Crippen molar-refractivity contribution < 1.29 is 14.8 Å². The number of nitrogens with one attached hydrogen (secondary N) is 1. The lowest BCUT2D eigenvalue weighted by atomic mass is 10.1. The molecule has 0 aromatic heterocycles. The zero-order chi connectivity index (χ0) is 18.4. The summed E-state index contributed by atoms with van der Waals surface area (Å²) in [6.07, 6.45) is 1.12. The lowest BCUT2D eigenvalue weighted by Crippen LogP contribution is -2.27. The molecule has 0 radical (unpaired) electrons. The maximum absolute atomic E-state index is 12.3. The standard InChI is InChI=1S/C18H15N3O4/c1-12(13-6-3-2-4-7-13)20-18(23)15(11-19)10-14-8-5-9-16(17(14)22)21(24)25/h2-10,12,22H,1H3,(H,20,23)/b15-10-/t12-/m1/s1. The number of nitro groups is 1. The van der Waals surface area contributed by atoms with E-state index in [2.05, 4.69) is 5.32 Å². The highest BCUT2D eigenvalue weighted by Gasteiger charge is 2.18. The van der Waals surface area contributed by atoms with Gasteiger partial charge in [0.1, 0.15) is 11.6 Å². The van der Waals surface area contributed by atoms with Crippen LogP contribution < -0.4 is 5.32 Å². The van der Waals surface area contributed by atoms with E-state index < -0.39 is 22.3 Å². The SMILES string of the molecule is C[C@@H](NC(=O)/C(C#N)=C\c1cccc([N+](=O)[O-])c1O)c1ccccc1. The Bertz CT molecular complexity index is 870. The average molecular weight is 337 g/mol. The number of nitrogens with zero attached hydrogens (tertiary/aromatic N) is 2. The number of carbonyl (C=O) groups excluding carboxylic acids is 1. The van der Waals surface area contributed by atoms with Gasteiger partial charge in [-0.1, -0.05) is 42.5 Å². The summed E-state index contributed by atoms with van der Waals surface area (Å²) in [5.74, 6) is -1.23. The van der Waals surface area contributed by atoms with Crippen LogP contribution in [-0.2, 0) is 4.79 Å². The first kappa shape index (κ1) is 17.7. The van der Waals surface area contributed by atoms with Crippen LogP contribution in [0.25, 0.3) is 6.08 Å². The average Bonchev–Trinajstić information content (AvgIpc) is 2.61. The molecule has 1 amide bonds. The molecular formula is C18H15N3O4. The molecule has 7 nitrogen and oxygen atoms in total. The smallest absolute Gasteiger partial charge is 0.311 e. The van der Waals surface area contributed by atoms with Crippen molar-refractivity contribution in [2.75, 3.05) is 0 Å². The Balaban J connectivity index is 2.26. The summed E-state index contributed by atoms with van der Waals surface area (Å²) in [5, 5.41) is 32.7. The van der Waals surface area contributed by atoms with Gasteiger partial charge in [0.25, 0.3) is 5.91 Å². The van der Waals surface area contributed by atoms with Gasteiger partial charge in [0, 0.05) is 11.6 Å². The number of para-hydroxylation sites is 1. The normalized spacial score (nSPS) is 12.1. The Kier molecular flexibility index (Phi) is 5.48. The van der Waals surface area contributed by atoms with Gasteiger partial charge >= 0.3 is 5.69 Å². The summed E-state index contributed by atoms with van der Waals surface area (Å²) in [4.78, 5) is 22.4. The van der Waals surface area contributed by atoms with Gasteiger partial charge < -0.3 is 10.4 Å². The van der Waals surface area contributed by atoms with E-state index in [0.29, 0.717) is 0 Å². The molecular weight excluding hydrogens is 322 g/mol. The Morgan fingerprint density at radius 1 is 1.28 bits per heavy atom. The van der Waals surface area contributed by atoms with Gasteiger partial charge in [0.2, 0.25) is 5.75 Å². The molecule has 2 N–H and O–H groups in total. The maximum atomic E-state index is 12.3. The topological polar surface area (TPSA) is 116 Å². The summed E-state index contributed by atoms with van der Waals surface area (Å²) in [7, 11) is 0. The highest BCUT2D eigenvalue weighted by molar-refractivity contribution is 6.02. The molecule has 0 saturated carbocycles. The summed E-state index contributed by atoms with van der Waals surface area (Å²) in [6, 6.07) is 14.5. The molecule has 126 valence electrons. The molecule has 0 unspecified atom stereocenters. The number of hydrogen-bond donors (Lipinski definition) is 2. The summed E-state index contributed by atoms with van der Waals surface area (Å²) >= 11 is 0. The fraction of sp³-hybridized carbons (Fsp3) is 0.111. The second kappa shape index (κ2) is 7.75. The number of benzene rings is 2. The van der Waals surface area contributed by atoms with E-state index in [1.54, 1.807) is 13.0 Å². The molecule has 7 heteroatoms. The molecule has 0 heterocycles. The first-order valence-corrected chi connectivity index (χ1v) is 7.38. The van der Waals surface area contributed by atoms with Crippen LogP contribution in [0.1, 0.15) is 24.1 Å². The van der Waals surface area contributed by atoms with Crippen LogP contribution in [0.5, 0.6) is 5.75 Å². The number of aromatic hydroxyl groups is 1. The number of phenols is 1. The van der Waals surface area contributed by atoms with E-state index in [-0.39, 0.29) is 17.2 Å². The van der Waals surface area contributed by atoms with Crippen LogP contribution in [0.3, 0.4) is 0 Å². The largest absolute Gasteiger partial charge is 0.502 e. The first-order chi connectivity index (χ1) is 11.9. The van der Waals surface area contributed by atoms with Gasteiger partial charge in [-0.2, -0.15) is 5.26 Å². The second-order valence-corrected chi connectivity index (χ2v) is 5.25. The minimum absolute atomic E-state index is 0.0215. The molecule has 0 saturated heterocycles. The fourth-order valence-corrected chi connectivity index (χ4v) is 2.22. The van der Waals surface area contributed by atoms with E-state index in [4.69, 9.17) is 0 Å². The molecule has 0 spiro atoms.